The van der Waals surface area contributed by atoms with E-state index < -0.39 is 5.91 Å². The third-order valence-electron chi connectivity index (χ3n) is 5.98. The number of ether oxygens (including phenoxy) is 2. The van der Waals surface area contributed by atoms with E-state index in [-0.39, 0.29) is 5.91 Å². The number of hydrogen-bond acceptors (Lipinski definition) is 8. The van der Waals surface area contributed by atoms with Crippen LogP contribution in [0.25, 0.3) is 16.8 Å². The molecule has 0 fully saturated rings. The molecule has 0 unspecified atom stereocenters. The normalized spacial score (nSPS) is 12.1. The minimum absolute atomic E-state index is 0.0913. The van der Waals surface area contributed by atoms with Gasteiger partial charge in [0.15, 0.2) is 17.1 Å². The Balaban J connectivity index is 1.40. The number of hydrogen-bond donors (Lipinski definition) is 3. The Morgan fingerprint density at radius 1 is 1.11 bits per heavy atom. The Bertz CT molecular complexity index is 1560. The summed E-state index contributed by atoms with van der Waals surface area (Å²) in [4.78, 5) is 24.5. The Labute approximate surface area is 218 Å². The molecular weight excluding hydrogens is 486 g/mol. The SMILES string of the molecule is CC(=O)NCCNCc1cc(C(=O)Nc2cccc(-c3ccc4c(c3)OCCO4)c2C#N)c2nncn2c1. The molecule has 192 valence electrons. The van der Waals surface area contributed by atoms with Crippen LogP contribution in [0.1, 0.15) is 28.4 Å². The van der Waals surface area contributed by atoms with Crippen LogP contribution in [0.4, 0.5) is 5.69 Å². The van der Waals surface area contributed by atoms with Crippen molar-refractivity contribution in [2.24, 2.45) is 0 Å². The molecule has 1 aliphatic heterocycles. The van der Waals surface area contributed by atoms with Gasteiger partial charge < -0.3 is 25.4 Å². The van der Waals surface area contributed by atoms with Gasteiger partial charge in [-0.25, -0.2) is 0 Å². The molecule has 0 atom stereocenters. The minimum Gasteiger partial charge on any atom is -0.486 e. The standard InChI is InChI=1S/C27H25N7O4/c1-17(35)30-8-7-29-14-18-11-21(26-33-31-16-34(26)15-18)27(36)32-23-4-2-3-20(22(23)13-28)19-5-6-24-25(12-19)38-10-9-37-24/h2-6,11-12,15-16,29H,7-10,14H2,1H3,(H,30,35)(H,32,36). The van der Waals surface area contributed by atoms with Crippen molar-refractivity contribution in [2.45, 2.75) is 13.5 Å². The van der Waals surface area contributed by atoms with Crippen LogP contribution in [0.15, 0.2) is 55.0 Å². The fourth-order valence-corrected chi connectivity index (χ4v) is 4.24. The molecule has 38 heavy (non-hydrogen) atoms. The number of fused-ring (bicyclic) bond motifs is 2. The van der Waals surface area contributed by atoms with E-state index in [0.29, 0.717) is 72.4 Å². The van der Waals surface area contributed by atoms with E-state index in [1.54, 1.807) is 22.6 Å². The summed E-state index contributed by atoms with van der Waals surface area (Å²) in [5.41, 5.74) is 3.67. The van der Waals surface area contributed by atoms with Gasteiger partial charge >= 0.3 is 0 Å². The smallest absolute Gasteiger partial charge is 0.259 e. The maximum atomic E-state index is 13.4. The van der Waals surface area contributed by atoms with Crippen LogP contribution in [0.2, 0.25) is 0 Å². The summed E-state index contributed by atoms with van der Waals surface area (Å²) in [6.45, 7) is 3.95. The summed E-state index contributed by atoms with van der Waals surface area (Å²) in [5.74, 6) is 0.763. The van der Waals surface area contributed by atoms with E-state index in [1.807, 2.05) is 30.5 Å². The third-order valence-corrected chi connectivity index (χ3v) is 5.98. The van der Waals surface area contributed by atoms with Crippen LogP contribution in [-0.4, -0.2) is 52.7 Å². The summed E-state index contributed by atoms with van der Waals surface area (Å²) in [6.07, 6.45) is 3.36. The molecule has 0 saturated heterocycles. The van der Waals surface area contributed by atoms with E-state index in [9.17, 15) is 14.9 Å². The summed E-state index contributed by atoms with van der Waals surface area (Å²) < 4.78 is 13.0. The lowest BCUT2D eigenvalue weighted by Gasteiger charge is -2.19. The summed E-state index contributed by atoms with van der Waals surface area (Å²) in [5, 5.41) is 26.9. The molecule has 0 bridgehead atoms. The van der Waals surface area contributed by atoms with Crippen LogP contribution >= 0.6 is 0 Å². The quantitative estimate of drug-likeness (QED) is 0.306. The highest BCUT2D eigenvalue weighted by Gasteiger charge is 2.19. The largest absolute Gasteiger partial charge is 0.486 e. The van der Waals surface area contributed by atoms with Crippen molar-refractivity contribution in [1.29, 1.82) is 5.26 Å². The van der Waals surface area contributed by atoms with Crippen molar-refractivity contribution >= 4 is 23.1 Å². The molecule has 11 heteroatoms. The van der Waals surface area contributed by atoms with E-state index in [1.165, 1.54) is 13.3 Å². The first-order valence-corrected chi connectivity index (χ1v) is 12.1. The lowest BCUT2D eigenvalue weighted by Crippen LogP contribution is -2.30. The third kappa shape index (κ3) is 5.25. The highest BCUT2D eigenvalue weighted by atomic mass is 16.6. The van der Waals surface area contributed by atoms with E-state index in [2.05, 4.69) is 32.2 Å². The number of nitrogens with zero attached hydrogens (tertiary/aromatic N) is 4. The zero-order chi connectivity index (χ0) is 26.5. The first-order chi connectivity index (χ1) is 18.5. The minimum atomic E-state index is -0.418. The lowest BCUT2D eigenvalue weighted by molar-refractivity contribution is -0.118. The highest BCUT2D eigenvalue weighted by Crippen LogP contribution is 2.37. The predicted octanol–water partition coefficient (Wildman–Crippen LogP) is 2.52. The Morgan fingerprint density at radius 3 is 2.76 bits per heavy atom. The molecule has 3 heterocycles. The van der Waals surface area contributed by atoms with Crippen molar-refractivity contribution in [2.75, 3.05) is 31.6 Å². The van der Waals surface area contributed by atoms with Gasteiger partial charge in [0.2, 0.25) is 5.91 Å². The topological polar surface area (TPSA) is 143 Å². The van der Waals surface area contributed by atoms with Gasteiger partial charge in [0.1, 0.15) is 25.6 Å². The molecule has 0 spiro atoms. The van der Waals surface area contributed by atoms with Gasteiger partial charge in [0.25, 0.3) is 5.91 Å². The van der Waals surface area contributed by atoms with E-state index in [0.717, 1.165) is 11.1 Å². The van der Waals surface area contributed by atoms with Gasteiger partial charge in [-0.05, 0) is 35.4 Å². The van der Waals surface area contributed by atoms with E-state index in [4.69, 9.17) is 9.47 Å². The molecule has 4 aromatic rings. The summed E-state index contributed by atoms with van der Waals surface area (Å²) in [7, 11) is 0. The fraction of sp³-hybridized carbons (Fsp3) is 0.222. The van der Waals surface area contributed by atoms with Gasteiger partial charge in [0.05, 0.1) is 16.8 Å². The van der Waals surface area contributed by atoms with Gasteiger partial charge in [-0.2, -0.15) is 5.26 Å². The second kappa shape index (κ2) is 11.0. The number of nitrogens with one attached hydrogen (secondary N) is 3. The average molecular weight is 512 g/mol. The van der Waals surface area contributed by atoms with Crippen LogP contribution in [0.3, 0.4) is 0 Å². The number of nitriles is 1. The molecule has 2 aromatic carbocycles. The number of benzene rings is 2. The average Bonchev–Trinajstić information content (AvgIpc) is 3.40. The summed E-state index contributed by atoms with van der Waals surface area (Å²) >= 11 is 0. The van der Waals surface area contributed by atoms with Crippen molar-refractivity contribution in [3.63, 3.8) is 0 Å². The zero-order valence-corrected chi connectivity index (χ0v) is 20.7. The maximum Gasteiger partial charge on any atom is 0.259 e. The molecular formula is C27H25N7O4. The number of aromatic nitrogens is 3. The molecule has 0 radical (unpaired) electrons. The molecule has 5 rings (SSSR count). The fourth-order valence-electron chi connectivity index (χ4n) is 4.24. The number of rotatable bonds is 8. The van der Waals surface area contributed by atoms with Gasteiger partial charge in [-0.3, -0.25) is 14.0 Å². The molecule has 2 aromatic heterocycles. The number of anilines is 1. The molecule has 0 saturated carbocycles. The monoisotopic (exact) mass is 511 g/mol. The first kappa shape index (κ1) is 24.7. The Hall–Kier alpha value is -4.95. The maximum absolute atomic E-state index is 13.4. The number of carbonyl (C=O) groups excluding carboxylic acids is 2. The van der Waals surface area contributed by atoms with Crippen molar-refractivity contribution < 1.29 is 19.1 Å². The molecule has 1 aliphatic rings. The van der Waals surface area contributed by atoms with Crippen LogP contribution < -0.4 is 25.4 Å². The molecule has 0 aliphatic carbocycles. The molecule has 11 nitrogen and oxygen atoms in total. The van der Waals surface area contributed by atoms with Gasteiger partial charge in [0, 0.05) is 38.3 Å². The second-order valence-corrected chi connectivity index (χ2v) is 8.64. The Morgan fingerprint density at radius 2 is 1.95 bits per heavy atom. The lowest BCUT2D eigenvalue weighted by atomic mass is 9.98. The number of carbonyl (C=O) groups is 2. The number of pyridine rings is 1. The van der Waals surface area contributed by atoms with Crippen molar-refractivity contribution in [1.82, 2.24) is 25.2 Å². The Kier molecular flexibility index (Phi) is 7.15. The molecule has 3 N–H and O–H groups in total. The summed E-state index contributed by atoms with van der Waals surface area (Å²) in [6, 6.07) is 14.8. The van der Waals surface area contributed by atoms with Crippen LogP contribution in [0.5, 0.6) is 11.5 Å². The van der Waals surface area contributed by atoms with Crippen LogP contribution in [-0.2, 0) is 11.3 Å². The van der Waals surface area contributed by atoms with E-state index >= 15 is 0 Å². The predicted molar refractivity (Wildman–Crippen MR) is 139 cm³/mol. The van der Waals surface area contributed by atoms with Gasteiger partial charge in [-0.1, -0.05) is 18.2 Å². The van der Waals surface area contributed by atoms with Gasteiger partial charge in [-0.15, -0.1) is 10.2 Å². The van der Waals surface area contributed by atoms with Crippen molar-refractivity contribution in [3.8, 4) is 28.7 Å². The molecule has 2 amide bonds. The van der Waals surface area contributed by atoms with Crippen LogP contribution in [0, 0.1) is 11.3 Å². The number of amides is 2. The zero-order valence-electron chi connectivity index (χ0n) is 20.7. The second-order valence-electron chi connectivity index (χ2n) is 8.64. The van der Waals surface area contributed by atoms with Crippen molar-refractivity contribution in [3.05, 3.63) is 71.7 Å². The first-order valence-electron chi connectivity index (χ1n) is 12.1. The highest BCUT2D eigenvalue weighted by molar-refractivity contribution is 6.09.